The lowest BCUT2D eigenvalue weighted by atomic mass is 10.2. The molecule has 1 rings (SSSR count). The Kier molecular flexibility index (Phi) is 2.47. The molecule has 1 aromatic rings. The SMILES string of the molecule is COc1ccncc1/C(N)=N/O. The normalized spacial score (nSPS) is 11.2. The van der Waals surface area contributed by atoms with Gasteiger partial charge in [0.25, 0.3) is 0 Å². The van der Waals surface area contributed by atoms with Crippen LogP contribution in [0.5, 0.6) is 5.75 Å². The molecule has 5 nitrogen and oxygen atoms in total. The van der Waals surface area contributed by atoms with Crippen LogP contribution in [0.3, 0.4) is 0 Å². The highest BCUT2D eigenvalue weighted by Gasteiger charge is 2.05. The molecular formula is C7H9N3O2. The largest absolute Gasteiger partial charge is 0.496 e. The van der Waals surface area contributed by atoms with E-state index in [4.69, 9.17) is 15.7 Å². The lowest BCUT2D eigenvalue weighted by Crippen LogP contribution is -2.14. The summed E-state index contributed by atoms with van der Waals surface area (Å²) in [5, 5.41) is 11.2. The first-order valence-electron chi connectivity index (χ1n) is 3.25. The Morgan fingerprint density at radius 3 is 3.08 bits per heavy atom. The van der Waals surface area contributed by atoms with Gasteiger partial charge >= 0.3 is 0 Å². The molecule has 5 heteroatoms. The van der Waals surface area contributed by atoms with E-state index >= 15 is 0 Å². The third-order valence-corrected chi connectivity index (χ3v) is 1.38. The molecule has 0 saturated heterocycles. The van der Waals surface area contributed by atoms with Gasteiger partial charge in [0.05, 0.1) is 12.7 Å². The van der Waals surface area contributed by atoms with Gasteiger partial charge in [-0.15, -0.1) is 0 Å². The van der Waals surface area contributed by atoms with Crippen molar-refractivity contribution in [3.8, 4) is 5.75 Å². The zero-order valence-corrected chi connectivity index (χ0v) is 6.56. The van der Waals surface area contributed by atoms with Crippen molar-refractivity contribution < 1.29 is 9.94 Å². The summed E-state index contributed by atoms with van der Waals surface area (Å²) < 4.78 is 4.96. The summed E-state index contributed by atoms with van der Waals surface area (Å²) in [7, 11) is 1.50. The average Bonchev–Trinajstić information content (AvgIpc) is 2.16. The van der Waals surface area contributed by atoms with Crippen molar-refractivity contribution in [2.45, 2.75) is 0 Å². The number of amidine groups is 1. The van der Waals surface area contributed by atoms with Crippen molar-refractivity contribution in [3.05, 3.63) is 24.0 Å². The molecule has 0 unspecified atom stereocenters. The van der Waals surface area contributed by atoms with Crippen LogP contribution in [0.15, 0.2) is 23.6 Å². The molecule has 0 amide bonds. The molecule has 0 aromatic carbocycles. The Hall–Kier alpha value is -1.78. The van der Waals surface area contributed by atoms with Crippen molar-refractivity contribution in [2.24, 2.45) is 10.9 Å². The molecule has 0 aliphatic rings. The Morgan fingerprint density at radius 2 is 2.50 bits per heavy atom. The van der Waals surface area contributed by atoms with E-state index in [1.165, 1.54) is 13.3 Å². The highest BCUT2D eigenvalue weighted by atomic mass is 16.5. The molecule has 0 atom stereocenters. The van der Waals surface area contributed by atoms with Gasteiger partial charge in [-0.25, -0.2) is 0 Å². The highest BCUT2D eigenvalue weighted by Crippen LogP contribution is 2.14. The van der Waals surface area contributed by atoms with Gasteiger partial charge in [-0.2, -0.15) is 0 Å². The lowest BCUT2D eigenvalue weighted by molar-refractivity contribution is 0.318. The maximum atomic E-state index is 8.39. The molecule has 3 N–H and O–H groups in total. The van der Waals surface area contributed by atoms with Gasteiger partial charge in [-0.1, -0.05) is 5.16 Å². The number of pyridine rings is 1. The maximum Gasteiger partial charge on any atom is 0.175 e. The quantitative estimate of drug-likeness (QED) is 0.285. The zero-order valence-electron chi connectivity index (χ0n) is 6.56. The molecule has 0 saturated carbocycles. The molecule has 1 aromatic heterocycles. The number of nitrogens with zero attached hydrogens (tertiary/aromatic N) is 2. The van der Waals surface area contributed by atoms with Crippen LogP contribution in [0.25, 0.3) is 0 Å². The molecular weight excluding hydrogens is 158 g/mol. The zero-order chi connectivity index (χ0) is 8.97. The Bertz CT molecular complexity index is 298. The summed E-state index contributed by atoms with van der Waals surface area (Å²) in [6.45, 7) is 0. The second-order valence-corrected chi connectivity index (χ2v) is 2.06. The van der Waals surface area contributed by atoms with Crippen LogP contribution < -0.4 is 10.5 Å². The fraction of sp³-hybridized carbons (Fsp3) is 0.143. The van der Waals surface area contributed by atoms with Crippen LogP contribution >= 0.6 is 0 Å². The van der Waals surface area contributed by atoms with E-state index in [9.17, 15) is 0 Å². The van der Waals surface area contributed by atoms with Gasteiger partial charge in [0.1, 0.15) is 5.75 Å². The van der Waals surface area contributed by atoms with E-state index in [-0.39, 0.29) is 5.84 Å². The van der Waals surface area contributed by atoms with E-state index in [0.717, 1.165) is 0 Å². The molecule has 1 heterocycles. The van der Waals surface area contributed by atoms with E-state index in [2.05, 4.69) is 10.1 Å². The number of rotatable bonds is 2. The minimum Gasteiger partial charge on any atom is -0.496 e. The van der Waals surface area contributed by atoms with Crippen LogP contribution in [-0.4, -0.2) is 23.1 Å². The number of hydrogen-bond acceptors (Lipinski definition) is 4. The number of ether oxygens (including phenoxy) is 1. The van der Waals surface area contributed by atoms with Crippen molar-refractivity contribution >= 4 is 5.84 Å². The standard InChI is InChI=1S/C7H9N3O2/c1-12-6-2-3-9-4-5(6)7(8)10-11/h2-4,11H,1H3,(H2,8,10). The molecule has 0 radical (unpaired) electrons. The lowest BCUT2D eigenvalue weighted by Gasteiger charge is -2.04. The number of nitrogens with two attached hydrogens (primary N) is 1. The second kappa shape index (κ2) is 3.56. The van der Waals surface area contributed by atoms with Crippen molar-refractivity contribution in [1.82, 2.24) is 4.98 Å². The molecule has 0 fully saturated rings. The van der Waals surface area contributed by atoms with Crippen LogP contribution in [0.4, 0.5) is 0 Å². The van der Waals surface area contributed by atoms with E-state index in [1.807, 2.05) is 0 Å². The van der Waals surface area contributed by atoms with E-state index in [0.29, 0.717) is 11.3 Å². The van der Waals surface area contributed by atoms with Gasteiger partial charge in [0.15, 0.2) is 5.84 Å². The van der Waals surface area contributed by atoms with Crippen LogP contribution in [0.1, 0.15) is 5.56 Å². The summed E-state index contributed by atoms with van der Waals surface area (Å²) in [5.41, 5.74) is 5.83. The van der Waals surface area contributed by atoms with Crippen LogP contribution in [0, 0.1) is 0 Å². The average molecular weight is 167 g/mol. The third-order valence-electron chi connectivity index (χ3n) is 1.38. The minimum absolute atomic E-state index is 0.0139. The summed E-state index contributed by atoms with van der Waals surface area (Å²) in [6, 6.07) is 1.63. The van der Waals surface area contributed by atoms with Crippen LogP contribution in [-0.2, 0) is 0 Å². The van der Waals surface area contributed by atoms with Gasteiger partial charge in [-0.3, -0.25) is 4.98 Å². The third kappa shape index (κ3) is 1.45. The first-order valence-corrected chi connectivity index (χ1v) is 3.25. The van der Waals surface area contributed by atoms with Crippen molar-refractivity contribution in [3.63, 3.8) is 0 Å². The number of methoxy groups -OCH3 is 1. The molecule has 0 bridgehead atoms. The highest BCUT2D eigenvalue weighted by molar-refractivity contribution is 5.99. The molecule has 0 aliphatic heterocycles. The Labute approximate surface area is 69.5 Å². The maximum absolute atomic E-state index is 8.39. The van der Waals surface area contributed by atoms with Gasteiger partial charge in [0.2, 0.25) is 0 Å². The summed E-state index contributed by atoms with van der Waals surface area (Å²) >= 11 is 0. The first-order chi connectivity index (χ1) is 5.79. The monoisotopic (exact) mass is 167 g/mol. The van der Waals surface area contributed by atoms with E-state index < -0.39 is 0 Å². The Morgan fingerprint density at radius 1 is 1.75 bits per heavy atom. The van der Waals surface area contributed by atoms with Crippen molar-refractivity contribution in [1.29, 1.82) is 0 Å². The predicted molar refractivity (Wildman–Crippen MR) is 43.3 cm³/mol. The van der Waals surface area contributed by atoms with Crippen molar-refractivity contribution in [2.75, 3.05) is 7.11 Å². The fourth-order valence-corrected chi connectivity index (χ4v) is 0.806. The summed E-state index contributed by atoms with van der Waals surface area (Å²) in [5.74, 6) is 0.514. The summed E-state index contributed by atoms with van der Waals surface area (Å²) in [6.07, 6.45) is 3.03. The molecule has 64 valence electrons. The number of hydrogen-bond donors (Lipinski definition) is 2. The minimum atomic E-state index is -0.0139. The van der Waals surface area contributed by atoms with Gasteiger partial charge in [-0.05, 0) is 6.07 Å². The predicted octanol–water partition coefficient (Wildman–Crippen LogP) is 0.185. The van der Waals surface area contributed by atoms with Crippen LogP contribution in [0.2, 0.25) is 0 Å². The molecule has 0 spiro atoms. The topological polar surface area (TPSA) is 80.7 Å². The van der Waals surface area contributed by atoms with Gasteiger partial charge < -0.3 is 15.7 Å². The number of aromatic nitrogens is 1. The number of oxime groups is 1. The van der Waals surface area contributed by atoms with E-state index in [1.54, 1.807) is 12.3 Å². The smallest absolute Gasteiger partial charge is 0.175 e. The molecule has 0 aliphatic carbocycles. The fourth-order valence-electron chi connectivity index (χ4n) is 0.806. The van der Waals surface area contributed by atoms with Gasteiger partial charge in [0, 0.05) is 12.4 Å². The summed E-state index contributed by atoms with van der Waals surface area (Å²) in [4.78, 5) is 3.81. The second-order valence-electron chi connectivity index (χ2n) is 2.06. The molecule has 12 heavy (non-hydrogen) atoms. The first kappa shape index (κ1) is 8.32. The Balaban J connectivity index is 3.13.